The topological polar surface area (TPSA) is 29.7 Å². The number of hydrogen-bond donors (Lipinski definition) is 0. The van der Waals surface area contributed by atoms with Gasteiger partial charge in [-0.2, -0.15) is 0 Å². The Hall–Kier alpha value is -1.29. The Morgan fingerprint density at radius 3 is 2.21 bits per heavy atom. The van der Waals surface area contributed by atoms with Gasteiger partial charge in [0.05, 0.1) is 0 Å². The summed E-state index contributed by atoms with van der Waals surface area (Å²) in [7, 11) is 1.98. The van der Waals surface area contributed by atoms with Gasteiger partial charge in [-0.3, -0.25) is 0 Å². The molecule has 0 atom stereocenters. The standard InChI is InChI=1S/C10H10N3.BrH/c1-13-7-3-9(4-8-13)10-11-5-2-6-12-10;/h2-8H,1H3;1H/q+1;/p-1. The van der Waals surface area contributed by atoms with Crippen molar-refractivity contribution < 1.29 is 21.5 Å². The lowest BCUT2D eigenvalue weighted by Gasteiger charge is -1.95. The highest BCUT2D eigenvalue weighted by atomic mass is 79.9. The minimum absolute atomic E-state index is 0. The molecule has 0 saturated carbocycles. The molecule has 0 spiro atoms. The van der Waals surface area contributed by atoms with E-state index < -0.39 is 0 Å². The molecule has 0 radical (unpaired) electrons. The van der Waals surface area contributed by atoms with Crippen LogP contribution < -0.4 is 21.5 Å². The fourth-order valence-electron chi connectivity index (χ4n) is 1.10. The van der Waals surface area contributed by atoms with Crippen LogP contribution in [0.15, 0.2) is 43.0 Å². The van der Waals surface area contributed by atoms with Gasteiger partial charge in [-0.05, 0) is 6.07 Å². The maximum absolute atomic E-state index is 4.16. The third-order valence-corrected chi connectivity index (χ3v) is 1.80. The molecule has 0 unspecified atom stereocenters. The summed E-state index contributed by atoms with van der Waals surface area (Å²) in [6.07, 6.45) is 7.45. The van der Waals surface area contributed by atoms with E-state index in [9.17, 15) is 0 Å². The molecule has 0 amide bonds. The van der Waals surface area contributed by atoms with Gasteiger partial charge in [0.1, 0.15) is 7.05 Å². The Labute approximate surface area is 93.2 Å². The molecule has 2 aromatic rings. The van der Waals surface area contributed by atoms with Crippen LogP contribution in [0.3, 0.4) is 0 Å². The van der Waals surface area contributed by atoms with Gasteiger partial charge in [-0.15, -0.1) is 0 Å². The number of aromatic nitrogens is 3. The Morgan fingerprint density at radius 1 is 1.07 bits per heavy atom. The zero-order chi connectivity index (χ0) is 9.10. The van der Waals surface area contributed by atoms with Crippen LogP contribution in [0.2, 0.25) is 0 Å². The highest BCUT2D eigenvalue weighted by Crippen LogP contribution is 2.09. The fraction of sp³-hybridized carbons (Fsp3) is 0.100. The summed E-state index contributed by atoms with van der Waals surface area (Å²) >= 11 is 0. The van der Waals surface area contributed by atoms with Crippen LogP contribution in [0.1, 0.15) is 0 Å². The van der Waals surface area contributed by atoms with Crippen LogP contribution in [0.4, 0.5) is 0 Å². The molecule has 2 aromatic heterocycles. The monoisotopic (exact) mass is 251 g/mol. The molecule has 2 heterocycles. The number of pyridine rings is 1. The largest absolute Gasteiger partial charge is 1.00 e. The molecular weight excluding hydrogens is 242 g/mol. The van der Waals surface area contributed by atoms with Gasteiger partial charge >= 0.3 is 0 Å². The van der Waals surface area contributed by atoms with Crippen molar-refractivity contribution in [2.75, 3.05) is 0 Å². The highest BCUT2D eigenvalue weighted by Gasteiger charge is 2.00. The third-order valence-electron chi connectivity index (χ3n) is 1.80. The minimum atomic E-state index is 0. The molecule has 14 heavy (non-hydrogen) atoms. The summed E-state index contributed by atoms with van der Waals surface area (Å²) < 4.78 is 1.98. The third kappa shape index (κ3) is 2.35. The first-order valence-electron chi connectivity index (χ1n) is 4.09. The predicted molar refractivity (Wildman–Crippen MR) is 48.6 cm³/mol. The van der Waals surface area contributed by atoms with Crippen molar-refractivity contribution in [3.8, 4) is 11.4 Å². The summed E-state index contributed by atoms with van der Waals surface area (Å²) in [6, 6.07) is 5.80. The second-order valence-electron chi connectivity index (χ2n) is 2.82. The number of aryl methyl sites for hydroxylation is 1. The summed E-state index contributed by atoms with van der Waals surface area (Å²) in [5.41, 5.74) is 1.04. The van der Waals surface area contributed by atoms with E-state index in [-0.39, 0.29) is 17.0 Å². The molecule has 4 heteroatoms. The SMILES string of the molecule is C[n+]1ccc(-c2ncccn2)cc1.[Br-]. The molecule has 0 aromatic carbocycles. The van der Waals surface area contributed by atoms with Crippen molar-refractivity contribution in [2.24, 2.45) is 7.05 Å². The maximum Gasteiger partial charge on any atom is 0.169 e. The van der Waals surface area contributed by atoms with E-state index in [1.165, 1.54) is 0 Å². The van der Waals surface area contributed by atoms with E-state index in [1.54, 1.807) is 12.4 Å². The normalized spacial score (nSPS) is 9.21. The second kappa shape index (κ2) is 4.81. The van der Waals surface area contributed by atoms with E-state index in [0.29, 0.717) is 0 Å². The molecule has 0 aliphatic heterocycles. The van der Waals surface area contributed by atoms with Gasteiger partial charge in [-0.1, -0.05) is 0 Å². The molecule has 72 valence electrons. The summed E-state index contributed by atoms with van der Waals surface area (Å²) in [5, 5.41) is 0. The lowest BCUT2D eigenvalue weighted by atomic mass is 10.2. The summed E-state index contributed by atoms with van der Waals surface area (Å²) in [4.78, 5) is 8.32. The Bertz CT molecular complexity index is 386. The first-order valence-corrected chi connectivity index (χ1v) is 4.09. The predicted octanol–water partition coefficient (Wildman–Crippen LogP) is -2.03. The van der Waals surface area contributed by atoms with Crippen LogP contribution in [0, 0.1) is 0 Å². The highest BCUT2D eigenvalue weighted by molar-refractivity contribution is 5.52. The average Bonchev–Trinajstić information content (AvgIpc) is 2.20. The first-order chi connectivity index (χ1) is 6.36. The van der Waals surface area contributed by atoms with E-state index in [4.69, 9.17) is 0 Å². The smallest absolute Gasteiger partial charge is 0.169 e. The second-order valence-corrected chi connectivity index (χ2v) is 2.82. The number of hydrogen-bond acceptors (Lipinski definition) is 2. The van der Waals surface area contributed by atoms with Crippen LogP contribution in [-0.4, -0.2) is 9.97 Å². The average molecular weight is 252 g/mol. The lowest BCUT2D eigenvalue weighted by molar-refractivity contribution is -0.671. The van der Waals surface area contributed by atoms with E-state index >= 15 is 0 Å². The number of nitrogens with zero attached hydrogens (tertiary/aromatic N) is 3. The zero-order valence-electron chi connectivity index (χ0n) is 7.76. The summed E-state index contributed by atoms with van der Waals surface area (Å²) in [6.45, 7) is 0. The first kappa shape index (κ1) is 10.8. The van der Waals surface area contributed by atoms with Gasteiger partial charge in [0, 0.05) is 30.1 Å². The van der Waals surface area contributed by atoms with Crippen molar-refractivity contribution >= 4 is 0 Å². The molecule has 2 rings (SSSR count). The van der Waals surface area contributed by atoms with Gasteiger partial charge in [0.15, 0.2) is 18.2 Å². The van der Waals surface area contributed by atoms with Crippen molar-refractivity contribution in [3.05, 3.63) is 43.0 Å². The molecule has 3 nitrogen and oxygen atoms in total. The quantitative estimate of drug-likeness (QED) is 0.548. The van der Waals surface area contributed by atoms with Gasteiger partial charge < -0.3 is 17.0 Å². The van der Waals surface area contributed by atoms with Crippen LogP contribution in [-0.2, 0) is 7.05 Å². The Morgan fingerprint density at radius 2 is 1.64 bits per heavy atom. The molecule has 0 aliphatic carbocycles. The maximum atomic E-state index is 4.16. The van der Waals surface area contributed by atoms with Crippen molar-refractivity contribution in [3.63, 3.8) is 0 Å². The van der Waals surface area contributed by atoms with Crippen LogP contribution in [0.5, 0.6) is 0 Å². The van der Waals surface area contributed by atoms with Crippen molar-refractivity contribution in [2.45, 2.75) is 0 Å². The Balaban J connectivity index is 0.000000980. The molecule has 0 bridgehead atoms. The molecule has 0 N–H and O–H groups in total. The van der Waals surface area contributed by atoms with Gasteiger partial charge in [0.2, 0.25) is 0 Å². The van der Waals surface area contributed by atoms with Crippen molar-refractivity contribution in [1.82, 2.24) is 9.97 Å². The van der Waals surface area contributed by atoms with Gasteiger partial charge in [-0.25, -0.2) is 14.5 Å². The Kier molecular flexibility index (Phi) is 3.71. The van der Waals surface area contributed by atoms with Crippen LogP contribution in [0.25, 0.3) is 11.4 Å². The van der Waals surface area contributed by atoms with Crippen LogP contribution >= 0.6 is 0 Å². The molecule has 0 aliphatic rings. The van der Waals surface area contributed by atoms with E-state index in [1.807, 2.05) is 42.2 Å². The fourth-order valence-corrected chi connectivity index (χ4v) is 1.10. The number of rotatable bonds is 1. The molecular formula is C10H10BrN3. The lowest BCUT2D eigenvalue weighted by Crippen LogP contribution is -3.00. The minimum Gasteiger partial charge on any atom is -1.00 e. The number of halogens is 1. The molecule has 0 fully saturated rings. The van der Waals surface area contributed by atoms with E-state index in [2.05, 4.69) is 9.97 Å². The van der Waals surface area contributed by atoms with Crippen molar-refractivity contribution in [1.29, 1.82) is 0 Å². The summed E-state index contributed by atoms with van der Waals surface area (Å²) in [5.74, 6) is 0.767. The van der Waals surface area contributed by atoms with Gasteiger partial charge in [0.25, 0.3) is 0 Å². The van der Waals surface area contributed by atoms with E-state index in [0.717, 1.165) is 11.4 Å². The zero-order valence-corrected chi connectivity index (χ0v) is 9.35. The molecule has 0 saturated heterocycles.